The average Bonchev–Trinajstić information content (AvgIpc) is 2.56. The second-order valence-corrected chi connectivity index (χ2v) is 6.65. The smallest absolute Gasteiger partial charge is 0.0450 e. The number of nitrogens with one attached hydrogen (secondary N) is 1. The van der Waals surface area contributed by atoms with Crippen LogP contribution in [-0.2, 0) is 0 Å². The molecule has 1 saturated carbocycles. The summed E-state index contributed by atoms with van der Waals surface area (Å²) in [6, 6.07) is 11.2. The summed E-state index contributed by atoms with van der Waals surface area (Å²) < 4.78 is 0. The molecule has 0 bridgehead atoms. The van der Waals surface area contributed by atoms with Gasteiger partial charge in [-0.1, -0.05) is 67.3 Å². The molecule has 1 atom stereocenters. The van der Waals surface area contributed by atoms with Gasteiger partial charge in [-0.05, 0) is 18.4 Å². The summed E-state index contributed by atoms with van der Waals surface area (Å²) in [4.78, 5) is 2.67. The van der Waals surface area contributed by atoms with E-state index in [1.54, 1.807) is 5.54 Å². The van der Waals surface area contributed by atoms with Crippen molar-refractivity contribution in [3.63, 3.8) is 0 Å². The molecule has 3 rings (SSSR count). The summed E-state index contributed by atoms with van der Waals surface area (Å²) >= 11 is 5.78. The van der Waals surface area contributed by atoms with Crippen LogP contribution in [0.2, 0.25) is 0 Å². The molecule has 1 aromatic carbocycles. The Morgan fingerprint density at radius 2 is 1.95 bits per heavy atom. The van der Waals surface area contributed by atoms with Crippen LogP contribution in [-0.4, -0.2) is 30.1 Å². The maximum absolute atomic E-state index is 5.78. The number of rotatable bonds is 3. The first-order valence-electron chi connectivity index (χ1n) is 8.13. The molecule has 2 aliphatic rings. The van der Waals surface area contributed by atoms with Crippen molar-refractivity contribution in [3.8, 4) is 0 Å². The van der Waals surface area contributed by atoms with Crippen molar-refractivity contribution in [3.05, 3.63) is 47.5 Å². The van der Waals surface area contributed by atoms with Gasteiger partial charge in [-0.2, -0.15) is 0 Å². The summed E-state index contributed by atoms with van der Waals surface area (Å²) in [5, 5.41) is 3.80. The second-order valence-electron chi connectivity index (χ2n) is 6.40. The zero-order chi connectivity index (χ0) is 14.5. The molecule has 0 radical (unpaired) electrons. The molecule has 1 spiro atoms. The zero-order valence-electron chi connectivity index (χ0n) is 12.6. The van der Waals surface area contributed by atoms with Crippen LogP contribution in [0.5, 0.6) is 0 Å². The standard InChI is InChI=1S/C18H25ClN2/c19-12-7-13-21-14-17(16-8-3-1-4-9-16)20-15-18(21)10-5-2-6-11-18/h1,3-4,7-9,12,17,20H,2,5-6,10-11,13-15H2/b12-7+. The van der Waals surface area contributed by atoms with Gasteiger partial charge < -0.3 is 5.32 Å². The van der Waals surface area contributed by atoms with Crippen molar-refractivity contribution < 1.29 is 0 Å². The number of nitrogens with zero attached hydrogens (tertiary/aromatic N) is 1. The third kappa shape index (κ3) is 3.33. The van der Waals surface area contributed by atoms with Crippen molar-refractivity contribution in [2.75, 3.05) is 19.6 Å². The van der Waals surface area contributed by atoms with Crippen LogP contribution in [0.4, 0.5) is 0 Å². The first-order chi connectivity index (χ1) is 10.3. The lowest BCUT2D eigenvalue weighted by Gasteiger charge is -2.52. The molecule has 2 fully saturated rings. The summed E-state index contributed by atoms with van der Waals surface area (Å²) in [7, 11) is 0. The first-order valence-corrected chi connectivity index (χ1v) is 8.56. The SMILES string of the molecule is Cl/C=C/CN1CC(c2ccccc2)NCC12CCCCC2. The molecule has 1 N–H and O–H groups in total. The van der Waals surface area contributed by atoms with E-state index in [1.807, 2.05) is 0 Å². The van der Waals surface area contributed by atoms with Gasteiger partial charge in [0, 0.05) is 36.8 Å². The minimum absolute atomic E-state index is 0.347. The predicted molar refractivity (Wildman–Crippen MR) is 89.6 cm³/mol. The van der Waals surface area contributed by atoms with Crippen molar-refractivity contribution in [1.82, 2.24) is 10.2 Å². The summed E-state index contributed by atoms with van der Waals surface area (Å²) in [5.74, 6) is 0. The van der Waals surface area contributed by atoms with Gasteiger partial charge in [-0.25, -0.2) is 0 Å². The summed E-state index contributed by atoms with van der Waals surface area (Å²) in [5.41, 5.74) is 3.40. The highest BCUT2D eigenvalue weighted by molar-refractivity contribution is 6.25. The fraction of sp³-hybridized carbons (Fsp3) is 0.556. The van der Waals surface area contributed by atoms with E-state index in [4.69, 9.17) is 11.6 Å². The summed E-state index contributed by atoms with van der Waals surface area (Å²) in [6.45, 7) is 3.14. The van der Waals surface area contributed by atoms with Gasteiger partial charge in [0.15, 0.2) is 0 Å². The van der Waals surface area contributed by atoms with Crippen molar-refractivity contribution in [2.45, 2.75) is 43.7 Å². The highest BCUT2D eigenvalue weighted by Crippen LogP contribution is 2.37. The largest absolute Gasteiger partial charge is 0.307 e. The molecule has 1 saturated heterocycles. The van der Waals surface area contributed by atoms with E-state index >= 15 is 0 Å². The van der Waals surface area contributed by atoms with Gasteiger partial charge in [0.1, 0.15) is 0 Å². The van der Waals surface area contributed by atoms with Gasteiger partial charge in [-0.3, -0.25) is 4.90 Å². The lowest BCUT2D eigenvalue weighted by Crippen LogP contribution is -2.62. The van der Waals surface area contributed by atoms with Crippen LogP contribution in [0.15, 0.2) is 41.9 Å². The molecule has 1 aliphatic heterocycles. The van der Waals surface area contributed by atoms with Crippen molar-refractivity contribution in [1.29, 1.82) is 0 Å². The molecule has 1 unspecified atom stereocenters. The molecule has 0 amide bonds. The molecule has 21 heavy (non-hydrogen) atoms. The van der Waals surface area contributed by atoms with E-state index in [0.29, 0.717) is 11.6 Å². The molecular weight excluding hydrogens is 280 g/mol. The Morgan fingerprint density at radius 1 is 1.19 bits per heavy atom. The maximum Gasteiger partial charge on any atom is 0.0450 e. The molecule has 1 aliphatic carbocycles. The topological polar surface area (TPSA) is 15.3 Å². The highest BCUT2D eigenvalue weighted by atomic mass is 35.5. The Hall–Kier alpha value is -0.830. The third-order valence-electron chi connectivity index (χ3n) is 5.15. The second kappa shape index (κ2) is 6.95. The lowest BCUT2D eigenvalue weighted by atomic mass is 9.78. The van der Waals surface area contributed by atoms with E-state index in [-0.39, 0.29) is 0 Å². The molecule has 3 heteroatoms. The van der Waals surface area contributed by atoms with Gasteiger partial charge in [-0.15, -0.1) is 0 Å². The van der Waals surface area contributed by atoms with E-state index in [0.717, 1.165) is 19.6 Å². The van der Waals surface area contributed by atoms with E-state index < -0.39 is 0 Å². The van der Waals surface area contributed by atoms with E-state index in [1.165, 1.54) is 37.7 Å². The Kier molecular flexibility index (Phi) is 4.99. The van der Waals surface area contributed by atoms with Gasteiger partial charge in [0.25, 0.3) is 0 Å². The molecule has 2 nitrogen and oxygen atoms in total. The first kappa shape index (κ1) is 15.1. The summed E-state index contributed by atoms with van der Waals surface area (Å²) in [6.07, 6.45) is 8.83. The molecule has 114 valence electrons. The van der Waals surface area contributed by atoms with Gasteiger partial charge in [0.05, 0.1) is 0 Å². The van der Waals surface area contributed by atoms with Crippen LogP contribution in [0.1, 0.15) is 43.7 Å². The normalized spacial score (nSPS) is 26.4. The number of hydrogen-bond donors (Lipinski definition) is 1. The Labute approximate surface area is 133 Å². The van der Waals surface area contributed by atoms with Crippen LogP contribution in [0, 0.1) is 0 Å². The minimum atomic E-state index is 0.347. The monoisotopic (exact) mass is 304 g/mol. The van der Waals surface area contributed by atoms with Crippen LogP contribution < -0.4 is 5.32 Å². The van der Waals surface area contributed by atoms with Crippen molar-refractivity contribution in [2.24, 2.45) is 0 Å². The van der Waals surface area contributed by atoms with E-state index in [9.17, 15) is 0 Å². The van der Waals surface area contributed by atoms with Crippen LogP contribution >= 0.6 is 11.6 Å². The fourth-order valence-corrected chi connectivity index (χ4v) is 4.03. The number of hydrogen-bond acceptors (Lipinski definition) is 2. The van der Waals surface area contributed by atoms with Gasteiger partial charge in [0.2, 0.25) is 0 Å². The molecule has 1 heterocycles. The number of benzene rings is 1. The lowest BCUT2D eigenvalue weighted by molar-refractivity contribution is 0.0190. The molecule has 1 aromatic rings. The Morgan fingerprint density at radius 3 is 2.67 bits per heavy atom. The molecule has 0 aromatic heterocycles. The van der Waals surface area contributed by atoms with E-state index in [2.05, 4.69) is 46.6 Å². The minimum Gasteiger partial charge on any atom is -0.307 e. The zero-order valence-corrected chi connectivity index (χ0v) is 13.4. The van der Waals surface area contributed by atoms with Gasteiger partial charge >= 0.3 is 0 Å². The number of piperazine rings is 1. The van der Waals surface area contributed by atoms with Crippen LogP contribution in [0.25, 0.3) is 0 Å². The molecular formula is C18H25ClN2. The maximum atomic E-state index is 5.78. The third-order valence-corrected chi connectivity index (χ3v) is 5.33. The predicted octanol–water partition coefficient (Wildman–Crippen LogP) is 4.09. The average molecular weight is 305 g/mol. The van der Waals surface area contributed by atoms with Crippen LogP contribution in [0.3, 0.4) is 0 Å². The van der Waals surface area contributed by atoms with Crippen molar-refractivity contribution >= 4 is 11.6 Å². The quantitative estimate of drug-likeness (QED) is 0.905. The fourth-order valence-electron chi connectivity index (χ4n) is 3.95. The highest BCUT2D eigenvalue weighted by Gasteiger charge is 2.41. The Bertz CT molecular complexity index is 465. The number of halogens is 1. The Balaban J connectivity index is 1.77.